The van der Waals surface area contributed by atoms with Gasteiger partial charge in [-0.3, -0.25) is 0 Å². The molecule has 2 aromatic rings. The van der Waals surface area contributed by atoms with Crippen molar-refractivity contribution >= 4 is 6.03 Å². The molecule has 0 radical (unpaired) electrons. The second-order valence-corrected chi connectivity index (χ2v) is 4.91. The van der Waals surface area contributed by atoms with E-state index < -0.39 is 0 Å². The highest BCUT2D eigenvalue weighted by molar-refractivity contribution is 5.75. The highest BCUT2D eigenvalue weighted by Gasteiger charge is 2.23. The Bertz CT molecular complexity index is 562. The van der Waals surface area contributed by atoms with E-state index in [0.717, 1.165) is 11.3 Å². The van der Waals surface area contributed by atoms with E-state index in [9.17, 15) is 4.79 Å². The molecule has 1 atom stereocenters. The number of carbonyl (C=O) groups is 1. The van der Waals surface area contributed by atoms with Crippen LogP contribution in [0.1, 0.15) is 17.4 Å². The zero-order chi connectivity index (χ0) is 14.5. The summed E-state index contributed by atoms with van der Waals surface area (Å²) in [5.74, 6) is 0.725. The summed E-state index contributed by atoms with van der Waals surface area (Å²) in [6, 6.07) is 13.1. The lowest BCUT2D eigenvalue weighted by Crippen LogP contribution is -2.47. The van der Waals surface area contributed by atoms with Crippen molar-refractivity contribution in [3.63, 3.8) is 0 Å². The van der Waals surface area contributed by atoms with Crippen LogP contribution in [0.15, 0.2) is 53.1 Å². The maximum Gasteiger partial charge on any atom is 0.318 e. The van der Waals surface area contributed by atoms with Gasteiger partial charge in [0.25, 0.3) is 0 Å². The van der Waals surface area contributed by atoms with Crippen molar-refractivity contribution in [3.8, 4) is 0 Å². The first-order valence-corrected chi connectivity index (χ1v) is 7.06. The minimum absolute atomic E-state index is 0.0939. The monoisotopic (exact) mass is 286 g/mol. The molecule has 0 bridgehead atoms. The quantitative estimate of drug-likeness (QED) is 0.942. The number of hydrogen-bond acceptors (Lipinski definition) is 3. The van der Waals surface area contributed by atoms with Crippen molar-refractivity contribution in [2.75, 3.05) is 26.3 Å². The summed E-state index contributed by atoms with van der Waals surface area (Å²) >= 11 is 0. The predicted octanol–water partition coefficient (Wildman–Crippen LogP) is 2.41. The molecule has 1 aromatic carbocycles. The zero-order valence-electron chi connectivity index (χ0n) is 11.7. The Morgan fingerprint density at radius 1 is 1.10 bits per heavy atom. The van der Waals surface area contributed by atoms with Crippen LogP contribution in [0.2, 0.25) is 0 Å². The van der Waals surface area contributed by atoms with Crippen molar-refractivity contribution < 1.29 is 13.9 Å². The largest absolute Gasteiger partial charge is 0.467 e. The highest BCUT2D eigenvalue weighted by atomic mass is 16.5. The molecule has 3 rings (SSSR count). The number of rotatable bonds is 3. The second kappa shape index (κ2) is 6.45. The molecular formula is C16H18N2O3. The van der Waals surface area contributed by atoms with Crippen LogP contribution >= 0.6 is 0 Å². The topological polar surface area (TPSA) is 54.7 Å². The number of carbonyl (C=O) groups excluding carboxylic acids is 1. The maximum atomic E-state index is 12.4. The van der Waals surface area contributed by atoms with E-state index in [0.29, 0.717) is 26.3 Å². The van der Waals surface area contributed by atoms with Crippen molar-refractivity contribution in [1.82, 2.24) is 10.2 Å². The lowest BCUT2D eigenvalue weighted by atomic mass is 10.0. The van der Waals surface area contributed by atoms with Crippen LogP contribution in [0.3, 0.4) is 0 Å². The fraction of sp³-hybridized carbons (Fsp3) is 0.312. The summed E-state index contributed by atoms with van der Waals surface area (Å²) in [7, 11) is 0. The molecular weight excluding hydrogens is 268 g/mol. The maximum absolute atomic E-state index is 12.4. The van der Waals surface area contributed by atoms with E-state index in [1.807, 2.05) is 42.5 Å². The molecule has 110 valence electrons. The van der Waals surface area contributed by atoms with E-state index >= 15 is 0 Å². The van der Waals surface area contributed by atoms with E-state index in [4.69, 9.17) is 9.15 Å². The van der Waals surface area contributed by atoms with Gasteiger partial charge in [0.05, 0.1) is 19.5 Å². The van der Waals surface area contributed by atoms with Gasteiger partial charge in [-0.25, -0.2) is 4.79 Å². The number of furan rings is 1. The van der Waals surface area contributed by atoms with Crippen molar-refractivity contribution in [2.24, 2.45) is 0 Å². The summed E-state index contributed by atoms with van der Waals surface area (Å²) in [5.41, 5.74) is 0.994. The predicted molar refractivity (Wildman–Crippen MR) is 77.9 cm³/mol. The Morgan fingerprint density at radius 2 is 1.86 bits per heavy atom. The Balaban J connectivity index is 1.78. The molecule has 1 N–H and O–H groups in total. The summed E-state index contributed by atoms with van der Waals surface area (Å²) in [4.78, 5) is 14.2. The van der Waals surface area contributed by atoms with Crippen LogP contribution in [0.25, 0.3) is 0 Å². The van der Waals surface area contributed by atoms with Crippen molar-refractivity contribution in [1.29, 1.82) is 0 Å². The normalized spacial score (nSPS) is 16.5. The average molecular weight is 286 g/mol. The minimum atomic E-state index is -0.281. The van der Waals surface area contributed by atoms with Crippen LogP contribution in [-0.2, 0) is 4.74 Å². The molecule has 2 amide bonds. The van der Waals surface area contributed by atoms with Crippen LogP contribution in [0, 0.1) is 0 Å². The Hall–Kier alpha value is -2.27. The third kappa shape index (κ3) is 3.25. The van der Waals surface area contributed by atoms with Gasteiger partial charge in [0, 0.05) is 13.1 Å². The molecule has 0 spiro atoms. The lowest BCUT2D eigenvalue weighted by molar-refractivity contribution is 0.0526. The summed E-state index contributed by atoms with van der Waals surface area (Å²) in [6.07, 6.45) is 1.62. The zero-order valence-corrected chi connectivity index (χ0v) is 11.7. The SMILES string of the molecule is O=C(NC(c1ccccc1)c1ccco1)N1CCOCC1. The van der Waals surface area contributed by atoms with Gasteiger partial charge in [0.15, 0.2) is 0 Å². The second-order valence-electron chi connectivity index (χ2n) is 4.91. The number of nitrogens with zero attached hydrogens (tertiary/aromatic N) is 1. The van der Waals surface area contributed by atoms with Crippen molar-refractivity contribution in [3.05, 3.63) is 60.1 Å². The highest BCUT2D eigenvalue weighted by Crippen LogP contribution is 2.22. The smallest absolute Gasteiger partial charge is 0.318 e. The van der Waals surface area contributed by atoms with Crippen LogP contribution in [0.4, 0.5) is 4.79 Å². The molecule has 2 heterocycles. The van der Waals surface area contributed by atoms with Crippen molar-refractivity contribution in [2.45, 2.75) is 6.04 Å². The number of ether oxygens (including phenoxy) is 1. The van der Waals surface area contributed by atoms with E-state index in [2.05, 4.69) is 5.32 Å². The molecule has 1 saturated heterocycles. The number of morpholine rings is 1. The Labute approximate surface area is 123 Å². The van der Waals surface area contributed by atoms with E-state index in [1.54, 1.807) is 11.2 Å². The van der Waals surface area contributed by atoms with Gasteiger partial charge >= 0.3 is 6.03 Å². The third-order valence-electron chi connectivity index (χ3n) is 3.53. The summed E-state index contributed by atoms with van der Waals surface area (Å²) < 4.78 is 10.8. The molecule has 0 saturated carbocycles. The number of nitrogens with one attached hydrogen (secondary N) is 1. The van der Waals surface area contributed by atoms with Gasteiger partial charge in [-0.05, 0) is 17.7 Å². The van der Waals surface area contributed by atoms with E-state index in [1.165, 1.54) is 0 Å². The van der Waals surface area contributed by atoms with Gasteiger partial charge in [0.1, 0.15) is 11.8 Å². The molecule has 1 unspecified atom stereocenters. The fourth-order valence-corrected chi connectivity index (χ4v) is 2.40. The summed E-state index contributed by atoms with van der Waals surface area (Å²) in [6.45, 7) is 2.41. The first kappa shape index (κ1) is 13.7. The number of urea groups is 1. The lowest BCUT2D eigenvalue weighted by Gasteiger charge is -2.29. The molecule has 1 fully saturated rings. The molecule has 5 nitrogen and oxygen atoms in total. The molecule has 1 aliphatic heterocycles. The standard InChI is InChI=1S/C16H18N2O3/c19-16(18-8-11-20-12-9-18)17-15(14-7-4-10-21-14)13-5-2-1-3-6-13/h1-7,10,15H,8-9,11-12H2,(H,17,19). The molecule has 1 aromatic heterocycles. The van der Waals surface area contributed by atoms with Gasteiger partial charge < -0.3 is 19.4 Å². The molecule has 21 heavy (non-hydrogen) atoms. The average Bonchev–Trinajstić information content (AvgIpc) is 3.08. The number of hydrogen-bond donors (Lipinski definition) is 1. The minimum Gasteiger partial charge on any atom is -0.467 e. The van der Waals surface area contributed by atoms with Gasteiger partial charge in [-0.1, -0.05) is 30.3 Å². The van der Waals surface area contributed by atoms with E-state index in [-0.39, 0.29) is 12.1 Å². The van der Waals surface area contributed by atoms with Crippen LogP contribution in [-0.4, -0.2) is 37.2 Å². The molecule has 0 aliphatic carbocycles. The van der Waals surface area contributed by atoms with Crippen LogP contribution < -0.4 is 5.32 Å². The number of benzene rings is 1. The third-order valence-corrected chi connectivity index (χ3v) is 3.53. The van der Waals surface area contributed by atoms with Gasteiger partial charge in [0.2, 0.25) is 0 Å². The first-order valence-electron chi connectivity index (χ1n) is 7.06. The summed E-state index contributed by atoms with van der Waals surface area (Å²) in [5, 5.41) is 3.04. The molecule has 1 aliphatic rings. The Kier molecular flexibility index (Phi) is 4.21. The van der Waals surface area contributed by atoms with Crippen LogP contribution in [0.5, 0.6) is 0 Å². The first-order chi connectivity index (χ1) is 10.3. The molecule has 5 heteroatoms. The fourth-order valence-electron chi connectivity index (χ4n) is 2.40. The number of amides is 2. The Morgan fingerprint density at radius 3 is 2.52 bits per heavy atom. The van der Waals surface area contributed by atoms with Gasteiger partial charge in [-0.2, -0.15) is 0 Å². The van der Waals surface area contributed by atoms with Gasteiger partial charge in [-0.15, -0.1) is 0 Å².